The van der Waals surface area contributed by atoms with Crippen molar-refractivity contribution in [2.75, 3.05) is 39.3 Å². The van der Waals surface area contributed by atoms with Gasteiger partial charge in [0.1, 0.15) is 0 Å². The summed E-state index contributed by atoms with van der Waals surface area (Å²) in [5, 5.41) is 31.8. The van der Waals surface area contributed by atoms with E-state index in [0.717, 1.165) is 30.7 Å². The maximum atomic E-state index is 12.5. The summed E-state index contributed by atoms with van der Waals surface area (Å²) in [6, 6.07) is 0. The Morgan fingerprint density at radius 2 is 1.23 bits per heavy atom. The number of nitrogens with zero attached hydrogens (tertiary/aromatic N) is 3. The molecule has 5 amide bonds. The molecule has 15 heteroatoms. The van der Waals surface area contributed by atoms with Gasteiger partial charge in [0.15, 0.2) is 0 Å². The predicted molar refractivity (Wildman–Crippen MR) is 144 cm³/mol. The maximum absolute atomic E-state index is 12.5. The second-order valence-electron chi connectivity index (χ2n) is 9.52. The molecule has 0 radical (unpaired) electrons. The fourth-order valence-electron chi connectivity index (χ4n) is 3.80. The molecule has 8 N–H and O–H groups in total. The average Bonchev–Trinajstić information content (AvgIpc) is 2.94. The Hall–Kier alpha value is -2.85. The Labute approximate surface area is 236 Å². The Kier molecular flexibility index (Phi) is 22.3. The van der Waals surface area contributed by atoms with Crippen molar-refractivity contribution >= 4 is 29.5 Å². The van der Waals surface area contributed by atoms with E-state index in [9.17, 15) is 29.2 Å². The molecule has 0 unspecified atom stereocenters. The lowest BCUT2D eigenvalue weighted by Crippen LogP contribution is -2.40. The minimum Gasteiger partial charge on any atom is -0.356 e. The summed E-state index contributed by atoms with van der Waals surface area (Å²) in [7, 11) is 0. The fraction of sp³-hybridized carbons (Fsp3) is 0.800. The number of hydroxylamine groups is 3. The first-order valence-electron chi connectivity index (χ1n) is 14.0. The van der Waals surface area contributed by atoms with E-state index >= 15 is 0 Å². The third-order valence-corrected chi connectivity index (χ3v) is 6.21. The number of hydrogen-bond donors (Lipinski definition) is 7. The second-order valence-corrected chi connectivity index (χ2v) is 9.52. The highest BCUT2D eigenvalue weighted by Gasteiger charge is 2.16. The summed E-state index contributed by atoms with van der Waals surface area (Å²) in [6.45, 7) is 3.82. The molecule has 0 aliphatic heterocycles. The van der Waals surface area contributed by atoms with E-state index in [-0.39, 0.29) is 49.9 Å². The first kappa shape index (κ1) is 37.1. The van der Waals surface area contributed by atoms with Crippen LogP contribution in [0.4, 0.5) is 0 Å². The van der Waals surface area contributed by atoms with Crippen LogP contribution in [0.25, 0.3) is 0 Å². The molecule has 40 heavy (non-hydrogen) atoms. The normalized spacial score (nSPS) is 10.6. The number of nitrogens with two attached hydrogens (primary N) is 1. The van der Waals surface area contributed by atoms with Crippen LogP contribution in [0.3, 0.4) is 0 Å². The predicted octanol–water partition coefficient (Wildman–Crippen LogP) is 0.427. The molecule has 15 nitrogen and oxygen atoms in total. The molecule has 0 heterocycles. The van der Waals surface area contributed by atoms with E-state index in [1.165, 1.54) is 12.4 Å². The number of amides is 5. The topological polar surface area (TPSA) is 218 Å². The standard InChI is InChI=1S/C25H49N7O8/c1-21(33)31(29-39)19-9-3-6-16-27-22(34)11-14-25(37)32(40)20-10-4-8-18-30(17-7-2-5-15-26)24(36)13-12-23(35)28-38/h29,38-40H,2-20,26H2,1H3,(H,27,34)(H,28,35). The number of unbranched alkanes of at least 4 members (excludes halogenated alkanes) is 6. The van der Waals surface area contributed by atoms with E-state index in [1.54, 1.807) is 4.90 Å². The van der Waals surface area contributed by atoms with Crippen molar-refractivity contribution in [1.82, 2.24) is 31.4 Å². The van der Waals surface area contributed by atoms with Gasteiger partial charge in [0, 0.05) is 65.3 Å². The van der Waals surface area contributed by atoms with Crippen molar-refractivity contribution in [1.29, 1.82) is 0 Å². The molecular formula is C25H49N7O8. The number of nitrogens with one attached hydrogen (secondary N) is 3. The maximum Gasteiger partial charge on any atom is 0.246 e. The monoisotopic (exact) mass is 575 g/mol. The van der Waals surface area contributed by atoms with E-state index in [1.807, 2.05) is 5.59 Å². The first-order valence-corrected chi connectivity index (χ1v) is 14.0. The lowest BCUT2D eigenvalue weighted by Gasteiger charge is -2.23. The molecule has 0 saturated heterocycles. The van der Waals surface area contributed by atoms with E-state index in [2.05, 4.69) is 5.32 Å². The summed E-state index contributed by atoms with van der Waals surface area (Å²) in [6.07, 6.45) is 6.17. The van der Waals surface area contributed by atoms with Gasteiger partial charge in [-0.05, 0) is 57.9 Å². The molecular weight excluding hydrogens is 526 g/mol. The quantitative estimate of drug-likeness (QED) is 0.0478. The zero-order valence-corrected chi connectivity index (χ0v) is 23.7. The lowest BCUT2D eigenvalue weighted by molar-refractivity contribution is -0.166. The van der Waals surface area contributed by atoms with Gasteiger partial charge in [-0.1, -0.05) is 6.42 Å². The molecule has 0 fully saturated rings. The van der Waals surface area contributed by atoms with Crippen LogP contribution in [0.15, 0.2) is 0 Å². The Morgan fingerprint density at radius 3 is 1.82 bits per heavy atom. The van der Waals surface area contributed by atoms with Gasteiger partial charge in [0.05, 0.1) is 0 Å². The summed E-state index contributed by atoms with van der Waals surface area (Å²) in [5.74, 6) is -1.93. The van der Waals surface area contributed by atoms with Crippen molar-refractivity contribution < 1.29 is 39.6 Å². The molecule has 0 bridgehead atoms. The van der Waals surface area contributed by atoms with Gasteiger partial charge >= 0.3 is 0 Å². The Morgan fingerprint density at radius 1 is 0.675 bits per heavy atom. The van der Waals surface area contributed by atoms with Crippen LogP contribution in [0, 0.1) is 0 Å². The van der Waals surface area contributed by atoms with Gasteiger partial charge in [0.25, 0.3) is 0 Å². The molecule has 0 spiro atoms. The van der Waals surface area contributed by atoms with E-state index < -0.39 is 11.8 Å². The number of rotatable bonds is 24. The van der Waals surface area contributed by atoms with Crippen molar-refractivity contribution in [3.63, 3.8) is 0 Å². The van der Waals surface area contributed by atoms with Crippen molar-refractivity contribution in [3.8, 4) is 0 Å². The van der Waals surface area contributed by atoms with Crippen LogP contribution in [-0.2, 0) is 24.0 Å². The molecule has 232 valence electrons. The van der Waals surface area contributed by atoms with Crippen LogP contribution < -0.4 is 22.1 Å². The summed E-state index contributed by atoms with van der Waals surface area (Å²) in [4.78, 5) is 60.6. The Bertz CT molecular complexity index is 757. The third-order valence-electron chi connectivity index (χ3n) is 6.21. The van der Waals surface area contributed by atoms with Crippen molar-refractivity contribution in [2.24, 2.45) is 5.73 Å². The van der Waals surface area contributed by atoms with Crippen molar-refractivity contribution in [2.45, 2.75) is 90.4 Å². The zero-order valence-electron chi connectivity index (χ0n) is 23.7. The van der Waals surface area contributed by atoms with Crippen LogP contribution >= 0.6 is 0 Å². The molecule has 0 aromatic carbocycles. The number of carbonyl (C=O) groups is 5. The average molecular weight is 576 g/mol. The zero-order chi connectivity index (χ0) is 30.2. The highest BCUT2D eigenvalue weighted by atomic mass is 16.5. The lowest BCUT2D eigenvalue weighted by atomic mass is 10.1. The minimum absolute atomic E-state index is 0.00200. The molecule has 0 aromatic rings. The van der Waals surface area contributed by atoms with Gasteiger partial charge in [0.2, 0.25) is 29.5 Å². The molecule has 0 atom stereocenters. The van der Waals surface area contributed by atoms with Gasteiger partial charge in [-0.25, -0.2) is 10.5 Å². The molecule has 0 aromatic heterocycles. The van der Waals surface area contributed by atoms with Gasteiger partial charge in [-0.2, -0.15) is 0 Å². The highest BCUT2D eigenvalue weighted by molar-refractivity contribution is 5.83. The van der Waals surface area contributed by atoms with Crippen LogP contribution in [-0.4, -0.2) is 99.4 Å². The van der Waals surface area contributed by atoms with E-state index in [0.29, 0.717) is 69.9 Å². The van der Waals surface area contributed by atoms with Crippen LogP contribution in [0.2, 0.25) is 0 Å². The van der Waals surface area contributed by atoms with Gasteiger partial charge in [-0.15, -0.1) is 5.59 Å². The molecule has 0 saturated carbocycles. The smallest absolute Gasteiger partial charge is 0.246 e. The third kappa shape index (κ3) is 19.2. The van der Waals surface area contributed by atoms with Crippen LogP contribution in [0.5, 0.6) is 0 Å². The Balaban J connectivity index is 4.13. The first-order chi connectivity index (χ1) is 19.2. The van der Waals surface area contributed by atoms with Crippen LogP contribution in [0.1, 0.15) is 90.4 Å². The fourth-order valence-corrected chi connectivity index (χ4v) is 3.80. The SMILES string of the molecule is CC(=O)N(CCCCCNC(=O)CCC(=O)N(O)CCCCCN(CCCCCN)C(=O)CCC(=O)NO)NO. The largest absolute Gasteiger partial charge is 0.356 e. The van der Waals surface area contributed by atoms with Crippen molar-refractivity contribution in [3.05, 3.63) is 0 Å². The second kappa shape index (κ2) is 24.0. The number of carbonyl (C=O) groups excluding carboxylic acids is 5. The van der Waals surface area contributed by atoms with Gasteiger partial charge in [-0.3, -0.25) is 44.6 Å². The number of hydrogen-bond acceptors (Lipinski definition) is 10. The minimum atomic E-state index is -0.617. The van der Waals surface area contributed by atoms with Gasteiger partial charge < -0.3 is 16.0 Å². The molecule has 0 aliphatic carbocycles. The molecule has 0 aliphatic rings. The summed E-state index contributed by atoms with van der Waals surface area (Å²) < 4.78 is 0. The summed E-state index contributed by atoms with van der Waals surface area (Å²) >= 11 is 0. The summed E-state index contributed by atoms with van der Waals surface area (Å²) in [5.41, 5.74) is 8.85. The highest BCUT2D eigenvalue weighted by Crippen LogP contribution is 2.08. The van der Waals surface area contributed by atoms with E-state index in [4.69, 9.17) is 16.1 Å². The number of hydrazine groups is 1. The molecule has 0 rings (SSSR count).